The van der Waals surface area contributed by atoms with Crippen molar-refractivity contribution in [3.05, 3.63) is 50.8 Å². The fraction of sp³-hybridized carbons (Fsp3) is 0.500. The zero-order chi connectivity index (χ0) is 23.7. The maximum Gasteiger partial charge on any atom is 0.205 e. The predicted octanol–water partition coefficient (Wildman–Crippen LogP) is 3.87. The number of ketones is 3. The van der Waals surface area contributed by atoms with Gasteiger partial charge in [0, 0.05) is 11.5 Å². The van der Waals surface area contributed by atoms with E-state index in [9.17, 15) is 29.7 Å². The third kappa shape index (κ3) is 2.85. The van der Waals surface area contributed by atoms with Crippen LogP contribution >= 0.6 is 0 Å². The third-order valence-electron chi connectivity index (χ3n) is 7.53. The molecule has 3 atom stereocenters. The van der Waals surface area contributed by atoms with Gasteiger partial charge in [0.15, 0.2) is 17.2 Å². The van der Waals surface area contributed by atoms with Crippen molar-refractivity contribution < 1.29 is 29.7 Å². The van der Waals surface area contributed by atoms with E-state index < -0.39 is 34.6 Å². The molecule has 170 valence electrons. The molecule has 4 rings (SSSR count). The molecule has 0 radical (unpaired) electrons. The zero-order valence-corrected chi connectivity index (χ0v) is 19.2. The van der Waals surface area contributed by atoms with Crippen molar-refractivity contribution >= 4 is 17.3 Å². The molecule has 0 fully saturated rings. The summed E-state index contributed by atoms with van der Waals surface area (Å²) in [7, 11) is 0. The minimum absolute atomic E-state index is 0.00897. The minimum Gasteiger partial charge on any atom is -0.508 e. The SMILES string of the molecule is CCc1cc(C(C)C)c2c(c1O)C(=O)C1=C(O)[C@]3(O)C(=O)C(C(C)=O)=C(C)C[C@@H]3C[C@@H]1C2. The van der Waals surface area contributed by atoms with Crippen LogP contribution in [0, 0.1) is 11.8 Å². The lowest BCUT2D eigenvalue weighted by Gasteiger charge is -2.46. The number of allylic oxidation sites excluding steroid dienone is 2. The molecular weight excluding hydrogens is 408 g/mol. The summed E-state index contributed by atoms with van der Waals surface area (Å²) < 4.78 is 0. The van der Waals surface area contributed by atoms with E-state index in [1.165, 1.54) is 6.92 Å². The van der Waals surface area contributed by atoms with Crippen molar-refractivity contribution in [2.45, 2.75) is 71.8 Å². The van der Waals surface area contributed by atoms with E-state index in [2.05, 4.69) is 0 Å². The molecule has 0 aromatic heterocycles. The largest absolute Gasteiger partial charge is 0.508 e. The van der Waals surface area contributed by atoms with Crippen molar-refractivity contribution in [3.8, 4) is 5.75 Å². The van der Waals surface area contributed by atoms with Gasteiger partial charge in [-0.1, -0.05) is 32.4 Å². The smallest absolute Gasteiger partial charge is 0.205 e. The third-order valence-corrected chi connectivity index (χ3v) is 7.53. The van der Waals surface area contributed by atoms with Gasteiger partial charge in [-0.25, -0.2) is 0 Å². The molecule has 0 heterocycles. The number of fused-ring (bicyclic) bond motifs is 3. The number of aliphatic hydroxyl groups excluding tert-OH is 1. The number of hydrogen-bond acceptors (Lipinski definition) is 6. The number of aromatic hydroxyl groups is 1. The topological polar surface area (TPSA) is 112 Å². The van der Waals surface area contributed by atoms with E-state index in [-0.39, 0.29) is 34.3 Å². The maximum absolute atomic E-state index is 13.6. The van der Waals surface area contributed by atoms with E-state index >= 15 is 0 Å². The van der Waals surface area contributed by atoms with E-state index in [0.29, 0.717) is 36.8 Å². The van der Waals surface area contributed by atoms with Gasteiger partial charge in [0.05, 0.1) is 11.1 Å². The Bertz CT molecular complexity index is 1140. The number of hydrogen-bond donors (Lipinski definition) is 3. The fourth-order valence-electron chi connectivity index (χ4n) is 5.96. The number of benzene rings is 1. The molecule has 1 aromatic carbocycles. The monoisotopic (exact) mass is 438 g/mol. The van der Waals surface area contributed by atoms with E-state index in [1.807, 2.05) is 26.8 Å². The fourth-order valence-corrected chi connectivity index (χ4v) is 5.96. The average Bonchev–Trinajstić information content (AvgIpc) is 2.70. The molecule has 0 saturated heterocycles. The summed E-state index contributed by atoms with van der Waals surface area (Å²) in [4.78, 5) is 38.9. The van der Waals surface area contributed by atoms with Crippen molar-refractivity contribution in [2.24, 2.45) is 11.8 Å². The highest BCUT2D eigenvalue weighted by atomic mass is 16.3. The molecule has 0 spiro atoms. The van der Waals surface area contributed by atoms with Gasteiger partial charge >= 0.3 is 0 Å². The Morgan fingerprint density at radius 2 is 1.88 bits per heavy atom. The van der Waals surface area contributed by atoms with E-state index in [0.717, 1.165) is 11.1 Å². The summed E-state index contributed by atoms with van der Waals surface area (Å²) in [6.45, 7) is 8.93. The van der Waals surface area contributed by atoms with Gasteiger partial charge in [0.1, 0.15) is 11.5 Å². The van der Waals surface area contributed by atoms with Crippen LogP contribution in [0.2, 0.25) is 0 Å². The van der Waals surface area contributed by atoms with Gasteiger partial charge < -0.3 is 15.3 Å². The average molecular weight is 439 g/mol. The molecule has 0 unspecified atom stereocenters. The molecule has 6 nitrogen and oxygen atoms in total. The zero-order valence-electron chi connectivity index (χ0n) is 19.2. The van der Waals surface area contributed by atoms with Crippen LogP contribution in [0.4, 0.5) is 0 Å². The Morgan fingerprint density at radius 3 is 2.44 bits per heavy atom. The van der Waals surface area contributed by atoms with Gasteiger partial charge in [-0.05, 0) is 68.1 Å². The second-order valence-electron chi connectivity index (χ2n) is 9.77. The number of phenolic OH excluding ortho intramolecular Hbond substituents is 1. The first-order valence-corrected chi connectivity index (χ1v) is 11.3. The summed E-state index contributed by atoms with van der Waals surface area (Å²) >= 11 is 0. The number of carbonyl (C=O) groups is 3. The van der Waals surface area contributed by atoms with Crippen LogP contribution in [0.3, 0.4) is 0 Å². The summed E-state index contributed by atoms with van der Waals surface area (Å²) in [5.74, 6) is -3.45. The molecule has 32 heavy (non-hydrogen) atoms. The highest BCUT2D eigenvalue weighted by Gasteiger charge is 2.58. The van der Waals surface area contributed by atoms with Gasteiger partial charge in [-0.2, -0.15) is 0 Å². The summed E-state index contributed by atoms with van der Waals surface area (Å²) in [5, 5.41) is 33.5. The lowest BCUT2D eigenvalue weighted by atomic mass is 9.59. The van der Waals surface area contributed by atoms with Gasteiger partial charge in [-0.15, -0.1) is 0 Å². The molecule has 0 saturated carbocycles. The first-order chi connectivity index (χ1) is 14.9. The number of carbonyl (C=O) groups excluding carboxylic acids is 3. The van der Waals surface area contributed by atoms with Gasteiger partial charge in [0.2, 0.25) is 5.78 Å². The molecule has 0 bridgehead atoms. The summed E-state index contributed by atoms with van der Waals surface area (Å²) in [6.07, 6.45) is 1.61. The quantitative estimate of drug-likeness (QED) is 0.618. The molecule has 6 heteroatoms. The number of aliphatic hydroxyl groups is 2. The summed E-state index contributed by atoms with van der Waals surface area (Å²) in [5.41, 5.74) is 0.791. The molecule has 0 aliphatic heterocycles. The second kappa shape index (κ2) is 7.41. The molecule has 3 aliphatic rings. The second-order valence-corrected chi connectivity index (χ2v) is 9.77. The van der Waals surface area contributed by atoms with Crippen molar-refractivity contribution in [2.75, 3.05) is 0 Å². The number of phenols is 1. The standard InChI is InChI=1S/C26H30O6/c1-6-14-9-17(11(2)3)18-10-15-8-16-7-12(4)19(13(5)27)24(30)26(16,32)25(31)20(15)23(29)21(18)22(14)28/h9,11,15-16,28,31-32H,6-8,10H2,1-5H3/t15-,16-,26-/m1/s1. The Morgan fingerprint density at radius 1 is 1.22 bits per heavy atom. The minimum atomic E-state index is -2.29. The molecule has 3 aliphatic carbocycles. The van der Waals surface area contributed by atoms with Crippen LogP contribution in [-0.2, 0) is 22.4 Å². The van der Waals surface area contributed by atoms with Gasteiger partial charge in [0.25, 0.3) is 0 Å². The summed E-state index contributed by atoms with van der Waals surface area (Å²) in [6, 6.07) is 1.95. The Balaban J connectivity index is 1.95. The highest BCUT2D eigenvalue weighted by Crippen LogP contribution is 2.52. The Labute approximate surface area is 187 Å². The number of rotatable bonds is 3. The Hall–Kier alpha value is -2.73. The van der Waals surface area contributed by atoms with Crippen LogP contribution in [-0.4, -0.2) is 38.3 Å². The van der Waals surface area contributed by atoms with Crippen LogP contribution in [0.5, 0.6) is 5.75 Å². The lowest BCUT2D eigenvalue weighted by molar-refractivity contribution is -0.143. The van der Waals surface area contributed by atoms with Crippen molar-refractivity contribution in [3.63, 3.8) is 0 Å². The predicted molar refractivity (Wildman–Crippen MR) is 119 cm³/mol. The van der Waals surface area contributed by atoms with Crippen LogP contribution < -0.4 is 0 Å². The van der Waals surface area contributed by atoms with Crippen LogP contribution in [0.25, 0.3) is 0 Å². The first kappa shape index (κ1) is 22.5. The Kier molecular flexibility index (Phi) is 5.20. The molecular formula is C26H30O6. The first-order valence-electron chi connectivity index (χ1n) is 11.3. The maximum atomic E-state index is 13.6. The van der Waals surface area contributed by atoms with E-state index in [4.69, 9.17) is 0 Å². The number of aryl methyl sites for hydroxylation is 1. The van der Waals surface area contributed by atoms with Crippen LogP contribution in [0.15, 0.2) is 28.5 Å². The van der Waals surface area contributed by atoms with Gasteiger partial charge in [-0.3, -0.25) is 14.4 Å². The molecule has 0 amide bonds. The highest BCUT2D eigenvalue weighted by molar-refractivity contribution is 6.25. The van der Waals surface area contributed by atoms with Crippen LogP contribution in [0.1, 0.15) is 80.4 Å². The normalized spacial score (nSPS) is 27.5. The molecule has 3 N–H and O–H groups in total. The lowest BCUT2D eigenvalue weighted by Crippen LogP contribution is -2.56. The molecule has 1 aromatic rings. The van der Waals surface area contributed by atoms with E-state index in [1.54, 1.807) is 6.92 Å². The van der Waals surface area contributed by atoms with Crippen molar-refractivity contribution in [1.82, 2.24) is 0 Å². The van der Waals surface area contributed by atoms with Crippen molar-refractivity contribution in [1.29, 1.82) is 0 Å². The number of Topliss-reactive ketones (excluding diaryl/α,β-unsaturated/α-hetero) is 3.